The van der Waals surface area contributed by atoms with E-state index >= 15 is 0 Å². The maximum atomic E-state index is 11.9. The zero-order chi connectivity index (χ0) is 12.9. The first-order chi connectivity index (χ1) is 7.94. The molecule has 0 saturated heterocycles. The molecule has 0 fully saturated rings. The second-order valence-electron chi connectivity index (χ2n) is 3.50. The van der Waals surface area contributed by atoms with Crippen LogP contribution in [0.5, 0.6) is 0 Å². The minimum Gasteiger partial charge on any atom is -0.371 e. The van der Waals surface area contributed by atoms with Crippen LogP contribution in [0, 0.1) is 0 Å². The van der Waals surface area contributed by atoms with Gasteiger partial charge in [0.05, 0.1) is 6.61 Å². The molecule has 1 nitrogen and oxygen atoms in total. The number of hydrogen-bond donors (Lipinski definition) is 0. The summed E-state index contributed by atoms with van der Waals surface area (Å²) in [6.07, 6.45) is -4.29. The van der Waals surface area contributed by atoms with Crippen LogP contribution in [0.2, 0.25) is 5.02 Å². The monoisotopic (exact) mass is 330 g/mol. The Hall–Kier alpha value is -0.260. The highest BCUT2D eigenvalue weighted by Crippen LogP contribution is 2.26. The molecule has 96 valence electrons. The van der Waals surface area contributed by atoms with E-state index in [1.807, 2.05) is 0 Å². The Bertz CT molecular complexity index is 357. The Morgan fingerprint density at radius 3 is 2.47 bits per heavy atom. The molecule has 0 radical (unpaired) electrons. The van der Waals surface area contributed by atoms with Crippen LogP contribution in [0.4, 0.5) is 13.2 Å². The van der Waals surface area contributed by atoms with E-state index in [0.717, 1.165) is 5.56 Å². The van der Waals surface area contributed by atoms with E-state index in [2.05, 4.69) is 20.7 Å². The van der Waals surface area contributed by atoms with Crippen LogP contribution in [0.15, 0.2) is 24.3 Å². The molecule has 0 spiro atoms. The molecular weight excluding hydrogens is 320 g/mol. The van der Waals surface area contributed by atoms with Gasteiger partial charge in [0.1, 0.15) is 6.61 Å². The van der Waals surface area contributed by atoms with Crippen LogP contribution in [-0.4, -0.2) is 24.7 Å². The van der Waals surface area contributed by atoms with Gasteiger partial charge in [0.2, 0.25) is 0 Å². The van der Waals surface area contributed by atoms with Gasteiger partial charge in [-0.1, -0.05) is 45.7 Å². The zero-order valence-electron chi connectivity index (χ0n) is 8.81. The average molecular weight is 332 g/mol. The van der Waals surface area contributed by atoms with Crippen molar-refractivity contribution in [2.24, 2.45) is 0 Å². The van der Waals surface area contributed by atoms with E-state index in [1.165, 1.54) is 0 Å². The summed E-state index contributed by atoms with van der Waals surface area (Å²) < 4.78 is 40.4. The van der Waals surface area contributed by atoms with Crippen molar-refractivity contribution in [1.82, 2.24) is 0 Å². The van der Waals surface area contributed by atoms with Crippen LogP contribution in [0.3, 0.4) is 0 Å². The predicted octanol–water partition coefficient (Wildman–Crippen LogP) is 4.40. The number of halogens is 5. The van der Waals surface area contributed by atoms with Crippen molar-refractivity contribution in [2.45, 2.75) is 12.1 Å². The summed E-state index contributed by atoms with van der Waals surface area (Å²) in [5.74, 6) is -0.189. The van der Waals surface area contributed by atoms with Crippen molar-refractivity contribution in [3.05, 3.63) is 34.9 Å². The first-order valence-electron chi connectivity index (χ1n) is 4.89. The Balaban J connectivity index is 2.58. The minimum absolute atomic E-state index is 0.0194. The highest BCUT2D eigenvalue weighted by Gasteiger charge is 2.28. The molecule has 1 unspecified atom stereocenters. The molecule has 1 aromatic rings. The van der Waals surface area contributed by atoms with Crippen LogP contribution in [0.1, 0.15) is 11.5 Å². The smallest absolute Gasteiger partial charge is 0.371 e. The maximum absolute atomic E-state index is 11.9. The van der Waals surface area contributed by atoms with Crippen molar-refractivity contribution < 1.29 is 17.9 Å². The Morgan fingerprint density at radius 2 is 1.94 bits per heavy atom. The molecule has 1 rings (SSSR count). The fourth-order valence-corrected chi connectivity index (χ4v) is 2.17. The molecule has 0 N–H and O–H groups in total. The number of hydrogen-bond acceptors (Lipinski definition) is 1. The van der Waals surface area contributed by atoms with E-state index in [1.54, 1.807) is 24.3 Å². The van der Waals surface area contributed by atoms with Crippen LogP contribution < -0.4 is 0 Å². The lowest BCUT2D eigenvalue weighted by molar-refractivity contribution is -0.174. The number of benzene rings is 1. The molecule has 0 amide bonds. The molecule has 6 heteroatoms. The molecule has 0 saturated carbocycles. The highest BCUT2D eigenvalue weighted by atomic mass is 79.9. The van der Waals surface area contributed by atoms with Gasteiger partial charge < -0.3 is 4.74 Å². The second kappa shape index (κ2) is 6.61. The SMILES string of the molecule is FC(F)(F)COCC(CBr)c1ccccc1Cl. The first kappa shape index (κ1) is 14.8. The molecule has 0 aliphatic heterocycles. The van der Waals surface area contributed by atoms with E-state index < -0.39 is 12.8 Å². The van der Waals surface area contributed by atoms with Gasteiger partial charge in [-0.3, -0.25) is 0 Å². The topological polar surface area (TPSA) is 9.23 Å². The molecule has 0 bridgehead atoms. The van der Waals surface area contributed by atoms with E-state index in [4.69, 9.17) is 11.6 Å². The fraction of sp³-hybridized carbons (Fsp3) is 0.455. The summed E-state index contributed by atoms with van der Waals surface area (Å²) in [6, 6.07) is 7.05. The largest absolute Gasteiger partial charge is 0.411 e. The van der Waals surface area contributed by atoms with Gasteiger partial charge in [-0.2, -0.15) is 13.2 Å². The van der Waals surface area contributed by atoms with E-state index in [-0.39, 0.29) is 12.5 Å². The lowest BCUT2D eigenvalue weighted by atomic mass is 10.0. The third kappa shape index (κ3) is 5.27. The van der Waals surface area contributed by atoms with Crippen molar-refractivity contribution in [3.63, 3.8) is 0 Å². The van der Waals surface area contributed by atoms with Gasteiger partial charge in [-0.15, -0.1) is 0 Å². The Kier molecular flexibility index (Phi) is 5.76. The van der Waals surface area contributed by atoms with Crippen molar-refractivity contribution in [3.8, 4) is 0 Å². The molecule has 0 aromatic heterocycles. The molecule has 1 aromatic carbocycles. The van der Waals surface area contributed by atoms with Crippen molar-refractivity contribution >= 4 is 27.5 Å². The van der Waals surface area contributed by atoms with Crippen LogP contribution in [-0.2, 0) is 4.74 Å². The molecule has 1 atom stereocenters. The molecule has 0 aliphatic carbocycles. The average Bonchev–Trinajstić information content (AvgIpc) is 2.24. The van der Waals surface area contributed by atoms with Gasteiger partial charge in [0.15, 0.2) is 0 Å². The summed E-state index contributed by atoms with van der Waals surface area (Å²) in [7, 11) is 0. The third-order valence-corrected chi connectivity index (χ3v) is 3.24. The van der Waals surface area contributed by atoms with Crippen LogP contribution in [0.25, 0.3) is 0 Å². The predicted molar refractivity (Wildman–Crippen MR) is 64.9 cm³/mol. The first-order valence-corrected chi connectivity index (χ1v) is 6.39. The Labute approximate surface area is 111 Å². The van der Waals surface area contributed by atoms with E-state index in [0.29, 0.717) is 10.4 Å². The summed E-state index contributed by atoms with van der Waals surface area (Å²) in [5, 5.41) is 1.03. The lowest BCUT2D eigenvalue weighted by Crippen LogP contribution is -2.20. The summed E-state index contributed by atoms with van der Waals surface area (Å²) in [6.45, 7) is -1.25. The summed E-state index contributed by atoms with van der Waals surface area (Å²) in [4.78, 5) is 0. The molecule has 0 aliphatic rings. The van der Waals surface area contributed by atoms with E-state index in [9.17, 15) is 13.2 Å². The second-order valence-corrected chi connectivity index (χ2v) is 4.56. The van der Waals surface area contributed by atoms with Gasteiger partial charge in [0.25, 0.3) is 0 Å². The fourth-order valence-electron chi connectivity index (χ4n) is 1.34. The molecule has 0 heterocycles. The minimum atomic E-state index is -4.29. The standard InChI is InChI=1S/C11H11BrClF3O/c12-5-8(6-17-7-11(14,15)16)9-3-1-2-4-10(9)13/h1-4,8H,5-7H2. The van der Waals surface area contributed by atoms with Crippen LogP contribution >= 0.6 is 27.5 Å². The summed E-state index contributed by atoms with van der Waals surface area (Å²) in [5.41, 5.74) is 0.785. The number of alkyl halides is 4. The number of ether oxygens (including phenoxy) is 1. The molecular formula is C11H11BrClF3O. The third-order valence-electron chi connectivity index (χ3n) is 2.12. The van der Waals surface area contributed by atoms with Crippen molar-refractivity contribution in [2.75, 3.05) is 18.5 Å². The van der Waals surface area contributed by atoms with Gasteiger partial charge >= 0.3 is 6.18 Å². The zero-order valence-corrected chi connectivity index (χ0v) is 11.1. The number of rotatable bonds is 5. The normalized spacial score (nSPS) is 13.7. The summed E-state index contributed by atoms with van der Waals surface area (Å²) >= 11 is 9.22. The van der Waals surface area contributed by atoms with Gasteiger partial charge in [0, 0.05) is 16.3 Å². The van der Waals surface area contributed by atoms with Gasteiger partial charge in [-0.25, -0.2) is 0 Å². The Morgan fingerprint density at radius 1 is 1.29 bits per heavy atom. The quantitative estimate of drug-likeness (QED) is 0.727. The molecule has 17 heavy (non-hydrogen) atoms. The maximum Gasteiger partial charge on any atom is 0.411 e. The van der Waals surface area contributed by atoms with Crippen molar-refractivity contribution in [1.29, 1.82) is 0 Å². The van der Waals surface area contributed by atoms with Gasteiger partial charge in [-0.05, 0) is 11.6 Å². The lowest BCUT2D eigenvalue weighted by Gasteiger charge is -2.17. The highest BCUT2D eigenvalue weighted by molar-refractivity contribution is 9.09.